The molecule has 0 saturated carbocycles. The van der Waals surface area contributed by atoms with Crippen LogP contribution in [0.1, 0.15) is 11.1 Å². The minimum absolute atomic E-state index is 0.294. The van der Waals surface area contributed by atoms with Gasteiger partial charge in [0.2, 0.25) is 0 Å². The van der Waals surface area contributed by atoms with Crippen LogP contribution in [-0.2, 0) is 26.1 Å². The lowest BCUT2D eigenvalue weighted by atomic mass is 10.2. The number of rotatable bonds is 4. The van der Waals surface area contributed by atoms with E-state index in [9.17, 15) is 13.8 Å². The van der Waals surface area contributed by atoms with Gasteiger partial charge in [0, 0.05) is 34.0 Å². The van der Waals surface area contributed by atoms with Crippen molar-refractivity contribution < 1.29 is 13.8 Å². The third-order valence-corrected chi connectivity index (χ3v) is 3.84. The Bertz CT molecular complexity index is 840. The molecule has 0 aliphatic carbocycles. The Morgan fingerprint density at radius 1 is 1.08 bits per heavy atom. The molecule has 0 saturated heterocycles. The molecule has 122 valence electrons. The molecule has 6 heteroatoms. The lowest BCUT2D eigenvalue weighted by molar-refractivity contribution is -0.133. The van der Waals surface area contributed by atoms with Crippen molar-refractivity contribution in [2.75, 3.05) is 16.9 Å². The lowest BCUT2D eigenvalue weighted by Gasteiger charge is -2.10. The van der Waals surface area contributed by atoms with E-state index >= 15 is 0 Å². The van der Waals surface area contributed by atoms with Crippen LogP contribution >= 0.6 is 0 Å². The Balaban J connectivity index is 2.08. The first-order valence-corrected chi connectivity index (χ1v) is 8.79. The molecule has 1 atom stereocenters. The van der Waals surface area contributed by atoms with Crippen LogP contribution in [-0.4, -0.2) is 22.3 Å². The molecule has 24 heavy (non-hydrogen) atoms. The topological polar surface area (TPSA) is 75.3 Å². The third kappa shape index (κ3) is 4.80. The number of hydrogen-bond donors (Lipinski definition) is 2. The summed E-state index contributed by atoms with van der Waals surface area (Å²) in [5, 5.41) is 5.03. The first-order chi connectivity index (χ1) is 11.5. The predicted octanol–water partition coefficient (Wildman–Crippen LogP) is 2.12. The third-order valence-electron chi connectivity index (χ3n) is 3.12. The highest BCUT2D eigenvalue weighted by molar-refractivity contribution is 7.83. The van der Waals surface area contributed by atoms with E-state index in [1.165, 1.54) is 0 Å². The fourth-order valence-electron chi connectivity index (χ4n) is 2.04. The largest absolute Gasteiger partial charge is 0.318 e. The predicted molar refractivity (Wildman–Crippen MR) is 95.8 cm³/mol. The molecule has 2 aromatic rings. The van der Waals surface area contributed by atoms with Gasteiger partial charge in [-0.1, -0.05) is 30.2 Å². The highest BCUT2D eigenvalue weighted by Gasteiger charge is 2.16. The van der Waals surface area contributed by atoms with Crippen LogP contribution in [0.2, 0.25) is 0 Å². The van der Waals surface area contributed by atoms with E-state index in [1.54, 1.807) is 54.8 Å². The maximum absolute atomic E-state index is 12.1. The summed E-state index contributed by atoms with van der Waals surface area (Å²) in [6.45, 7) is 0. The molecule has 0 spiro atoms. The molecular formula is C18H16N2O3S. The molecule has 0 radical (unpaired) electrons. The molecule has 0 aromatic heterocycles. The van der Waals surface area contributed by atoms with Crippen LogP contribution in [0.25, 0.3) is 0 Å². The van der Waals surface area contributed by atoms with Crippen molar-refractivity contribution in [1.82, 2.24) is 0 Å². The van der Waals surface area contributed by atoms with Crippen LogP contribution in [0, 0.1) is 12.3 Å². The fraction of sp³-hybridized carbons (Fsp3) is 0.111. The van der Waals surface area contributed by atoms with Crippen molar-refractivity contribution in [2.45, 2.75) is 5.75 Å². The molecule has 0 aliphatic rings. The van der Waals surface area contributed by atoms with Crippen LogP contribution < -0.4 is 10.6 Å². The molecule has 0 unspecified atom stereocenters. The molecule has 2 N–H and O–H groups in total. The quantitative estimate of drug-likeness (QED) is 0.661. The Morgan fingerprint density at radius 3 is 2.50 bits per heavy atom. The smallest absolute Gasteiger partial charge is 0.314 e. The number of hydrogen-bond acceptors (Lipinski definition) is 3. The molecular weight excluding hydrogens is 324 g/mol. The molecule has 0 heterocycles. The van der Waals surface area contributed by atoms with Gasteiger partial charge in [0.15, 0.2) is 0 Å². The van der Waals surface area contributed by atoms with Gasteiger partial charge in [0.1, 0.15) is 0 Å². The van der Waals surface area contributed by atoms with Gasteiger partial charge >= 0.3 is 11.8 Å². The monoisotopic (exact) mass is 340 g/mol. The van der Waals surface area contributed by atoms with E-state index in [1.807, 2.05) is 0 Å². The summed E-state index contributed by atoms with van der Waals surface area (Å²) in [4.78, 5) is 24.1. The molecule has 0 bridgehead atoms. The van der Waals surface area contributed by atoms with E-state index < -0.39 is 22.6 Å². The Labute approximate surface area is 142 Å². The zero-order valence-corrected chi connectivity index (χ0v) is 13.9. The van der Waals surface area contributed by atoms with E-state index in [0.29, 0.717) is 28.3 Å². The number of anilines is 2. The van der Waals surface area contributed by atoms with Gasteiger partial charge in [0.25, 0.3) is 0 Å². The maximum Gasteiger partial charge on any atom is 0.314 e. The van der Waals surface area contributed by atoms with Crippen LogP contribution in [0.3, 0.4) is 0 Å². The van der Waals surface area contributed by atoms with Crippen LogP contribution in [0.15, 0.2) is 48.5 Å². The summed E-state index contributed by atoms with van der Waals surface area (Å²) < 4.78 is 11.4. The number of carbonyl (C=O) groups is 2. The highest BCUT2D eigenvalue weighted by Crippen LogP contribution is 2.17. The number of amides is 2. The minimum atomic E-state index is -1.06. The highest BCUT2D eigenvalue weighted by atomic mass is 32.2. The molecule has 0 aliphatic heterocycles. The van der Waals surface area contributed by atoms with Crippen LogP contribution in [0.4, 0.5) is 11.4 Å². The SMILES string of the molecule is C#Cc1cccc(NC(=O)C(=O)Nc2ccccc2C[S@@](C)=O)c1. The van der Waals surface area contributed by atoms with E-state index in [-0.39, 0.29) is 0 Å². The molecule has 2 amide bonds. The molecule has 5 nitrogen and oxygen atoms in total. The summed E-state index contributed by atoms with van der Waals surface area (Å²) in [6.07, 6.45) is 6.87. The Morgan fingerprint density at radius 2 is 1.79 bits per heavy atom. The number of benzene rings is 2. The van der Waals surface area contributed by atoms with E-state index in [0.717, 1.165) is 0 Å². The number of nitrogens with one attached hydrogen (secondary N) is 2. The lowest BCUT2D eigenvalue weighted by Crippen LogP contribution is -2.29. The second kappa shape index (κ2) is 8.09. The van der Waals surface area contributed by atoms with Gasteiger partial charge < -0.3 is 10.6 Å². The van der Waals surface area contributed by atoms with Gasteiger partial charge in [-0.05, 0) is 29.8 Å². The first-order valence-electron chi connectivity index (χ1n) is 7.06. The van der Waals surface area contributed by atoms with Gasteiger partial charge in [0.05, 0.1) is 5.75 Å². The number of terminal acetylenes is 1. The molecule has 2 aromatic carbocycles. The number of carbonyl (C=O) groups excluding carboxylic acids is 2. The summed E-state index contributed by atoms with van der Waals surface area (Å²) >= 11 is 0. The van der Waals surface area contributed by atoms with E-state index in [4.69, 9.17) is 6.42 Å². The maximum atomic E-state index is 12.1. The average Bonchev–Trinajstić information content (AvgIpc) is 2.56. The van der Waals surface area contributed by atoms with Crippen molar-refractivity contribution in [3.63, 3.8) is 0 Å². The zero-order valence-electron chi connectivity index (χ0n) is 13.0. The average molecular weight is 340 g/mol. The second-order valence-corrected chi connectivity index (χ2v) is 6.44. The fourth-order valence-corrected chi connectivity index (χ4v) is 2.73. The normalized spacial score (nSPS) is 11.2. The summed E-state index contributed by atoms with van der Waals surface area (Å²) in [5.41, 5.74) is 2.21. The second-order valence-electron chi connectivity index (χ2n) is 5.01. The zero-order chi connectivity index (χ0) is 17.5. The molecule has 2 rings (SSSR count). The van der Waals surface area contributed by atoms with Crippen LogP contribution in [0.5, 0.6) is 0 Å². The van der Waals surface area contributed by atoms with Crippen molar-refractivity contribution in [1.29, 1.82) is 0 Å². The van der Waals surface area contributed by atoms with Gasteiger partial charge in [-0.25, -0.2) is 0 Å². The standard InChI is InChI=1S/C18H16N2O3S/c1-3-13-7-6-9-15(11-13)19-17(21)18(22)20-16-10-5-4-8-14(16)12-24(2)23/h1,4-11H,12H2,2H3,(H,19,21)(H,20,22)/t24-/m1/s1. The Hall–Kier alpha value is -2.91. The van der Waals surface area contributed by atoms with Crippen molar-refractivity contribution in [3.8, 4) is 12.3 Å². The van der Waals surface area contributed by atoms with Gasteiger partial charge in [-0.3, -0.25) is 13.8 Å². The van der Waals surface area contributed by atoms with Crippen molar-refractivity contribution in [2.24, 2.45) is 0 Å². The Kier molecular flexibility index (Phi) is 5.88. The van der Waals surface area contributed by atoms with E-state index in [2.05, 4.69) is 16.6 Å². The van der Waals surface area contributed by atoms with Gasteiger partial charge in [-0.15, -0.1) is 6.42 Å². The van der Waals surface area contributed by atoms with Gasteiger partial charge in [-0.2, -0.15) is 0 Å². The summed E-state index contributed by atoms with van der Waals surface area (Å²) in [6, 6.07) is 13.6. The minimum Gasteiger partial charge on any atom is -0.318 e. The summed E-state index contributed by atoms with van der Waals surface area (Å²) in [7, 11) is -1.06. The van der Waals surface area contributed by atoms with Crippen molar-refractivity contribution in [3.05, 3.63) is 59.7 Å². The number of para-hydroxylation sites is 1. The summed E-state index contributed by atoms with van der Waals surface area (Å²) in [5.74, 6) is 1.13. The van der Waals surface area contributed by atoms with Crippen molar-refractivity contribution >= 4 is 34.0 Å². The molecule has 0 fully saturated rings. The first kappa shape index (κ1) is 17.4.